The van der Waals surface area contributed by atoms with Crippen molar-refractivity contribution >= 4 is 74.9 Å². The molecule has 0 radical (unpaired) electrons. The van der Waals surface area contributed by atoms with Gasteiger partial charge in [0.25, 0.3) is 5.91 Å². The molecule has 2 aliphatic heterocycles. The number of nitrogens with one attached hydrogen (secondary N) is 1. The smallest absolute Gasteiger partial charge is 0.313 e. The van der Waals surface area contributed by atoms with E-state index in [9.17, 15) is 19.5 Å². The molecule has 2 amide bonds. The summed E-state index contributed by atoms with van der Waals surface area (Å²) in [5, 5.41) is 24.2. The average molecular weight is 517 g/mol. The Labute approximate surface area is 198 Å². The van der Waals surface area contributed by atoms with Crippen LogP contribution in [0.3, 0.4) is 0 Å². The molecule has 0 bridgehead atoms. The van der Waals surface area contributed by atoms with Crippen LogP contribution in [0, 0.1) is 5.41 Å². The van der Waals surface area contributed by atoms with Crippen molar-refractivity contribution < 1.29 is 19.5 Å². The van der Waals surface area contributed by atoms with Gasteiger partial charge in [-0.3, -0.25) is 14.4 Å². The second-order valence-corrected chi connectivity index (χ2v) is 10.5. The van der Waals surface area contributed by atoms with Crippen LogP contribution in [0.2, 0.25) is 0 Å². The largest absolute Gasteiger partial charge is 0.481 e. The van der Waals surface area contributed by atoms with E-state index in [0.717, 1.165) is 16.9 Å². The fraction of sp³-hybridized carbons (Fsp3) is 0.438. The van der Waals surface area contributed by atoms with Gasteiger partial charge in [-0.05, 0) is 10.4 Å². The molecule has 4 rings (SSSR count). The van der Waals surface area contributed by atoms with E-state index in [2.05, 4.69) is 25.8 Å². The van der Waals surface area contributed by atoms with Crippen LogP contribution >= 0.6 is 46.5 Å². The quantitative estimate of drug-likeness (QED) is 0.259. The summed E-state index contributed by atoms with van der Waals surface area (Å²) in [7, 11) is 1.66. The number of nitrogens with zero attached hydrogens (tertiary/aromatic N) is 6. The number of hydrogen-bond acceptors (Lipinski definition) is 11. The number of fused-ring (bicyclic) bond motifs is 1. The van der Waals surface area contributed by atoms with Crippen LogP contribution in [0.5, 0.6) is 0 Å². The molecule has 2 unspecified atom stereocenters. The van der Waals surface area contributed by atoms with Gasteiger partial charge < -0.3 is 21.1 Å². The van der Waals surface area contributed by atoms with Crippen molar-refractivity contribution in [1.29, 1.82) is 0 Å². The number of hydrogen-bond donors (Lipinski definition) is 3. The molecule has 3 atom stereocenters. The molecule has 4 heterocycles. The van der Waals surface area contributed by atoms with E-state index in [1.165, 1.54) is 39.3 Å². The minimum Gasteiger partial charge on any atom is -0.481 e. The van der Waals surface area contributed by atoms with Crippen molar-refractivity contribution in [2.75, 3.05) is 23.8 Å². The van der Waals surface area contributed by atoms with Crippen molar-refractivity contribution in [3.05, 3.63) is 16.6 Å². The van der Waals surface area contributed by atoms with Gasteiger partial charge in [0.1, 0.15) is 16.8 Å². The number of carboxylic acid groups (broad SMARTS) is 1. The fourth-order valence-corrected chi connectivity index (χ4v) is 6.99. The Morgan fingerprint density at radius 2 is 2.31 bits per heavy atom. The number of thiazole rings is 1. The van der Waals surface area contributed by atoms with Gasteiger partial charge in [-0.2, -0.15) is 0 Å². The molecule has 2 saturated heterocycles. The zero-order chi connectivity index (χ0) is 23.0. The number of carboxylic acids is 1. The number of thioether (sulfide) groups is 2. The summed E-state index contributed by atoms with van der Waals surface area (Å²) >= 11 is 9.46. The van der Waals surface area contributed by atoms with Crippen molar-refractivity contribution in [3.8, 4) is 0 Å². The zero-order valence-corrected chi connectivity index (χ0v) is 19.7. The Kier molecular flexibility index (Phi) is 6.33. The Bertz CT molecular complexity index is 1110. The summed E-state index contributed by atoms with van der Waals surface area (Å²) in [6.07, 6.45) is 1.43. The lowest BCUT2D eigenvalue weighted by atomic mass is 9.89. The minimum atomic E-state index is -1.16. The molecular weight excluding hydrogens is 500 g/mol. The Hall–Kier alpha value is -2.36. The van der Waals surface area contributed by atoms with Crippen LogP contribution in [-0.2, 0) is 21.4 Å². The maximum Gasteiger partial charge on any atom is 0.313 e. The molecule has 4 N–H and O–H groups in total. The molecule has 2 aliphatic rings. The van der Waals surface area contributed by atoms with E-state index in [1.807, 2.05) is 0 Å². The second-order valence-electron chi connectivity index (χ2n) is 7.16. The summed E-state index contributed by atoms with van der Waals surface area (Å²) in [5.74, 6) is -1.40. The van der Waals surface area contributed by atoms with Crippen molar-refractivity contribution in [3.63, 3.8) is 0 Å². The molecule has 0 aliphatic carbocycles. The van der Waals surface area contributed by atoms with Gasteiger partial charge in [-0.1, -0.05) is 34.7 Å². The van der Waals surface area contributed by atoms with E-state index in [4.69, 9.17) is 17.3 Å². The first-order chi connectivity index (χ1) is 15.3. The Morgan fingerprint density at radius 3 is 2.91 bits per heavy atom. The van der Waals surface area contributed by atoms with Crippen molar-refractivity contribution in [2.45, 2.75) is 16.6 Å². The standard InChI is InChI=1S/C16H17ClN8O4S3/c1-24-15(21-22-23-24)31-6-16(13(28)29)4-25-11(27)9(12(25)30-5-16)20-10(26)7(2-17)8-3-19-14(18)32-8/h2-3,9,12H,4-6H2,1H3,(H2,18,19)(H,20,26)(H,28,29)/t9?,12-,16?/m1/s1. The molecule has 12 nitrogen and oxygen atoms in total. The highest BCUT2D eigenvalue weighted by atomic mass is 35.5. The molecule has 0 spiro atoms. The molecule has 2 aromatic heterocycles. The third kappa shape index (κ3) is 4.04. The number of aryl methyl sites for hydroxylation is 1. The van der Waals surface area contributed by atoms with Crippen LogP contribution < -0.4 is 11.1 Å². The van der Waals surface area contributed by atoms with Gasteiger partial charge in [0.05, 0.1) is 10.5 Å². The number of β-lactam (4-membered cyclic amide) rings is 1. The molecule has 32 heavy (non-hydrogen) atoms. The normalized spacial score (nSPS) is 25.2. The fourth-order valence-electron chi connectivity index (χ4n) is 3.30. The summed E-state index contributed by atoms with van der Waals surface area (Å²) in [4.78, 5) is 43.4. The lowest BCUT2D eigenvalue weighted by Gasteiger charge is -2.53. The van der Waals surface area contributed by atoms with Gasteiger partial charge in [-0.25, -0.2) is 9.67 Å². The van der Waals surface area contributed by atoms with Crippen LogP contribution in [0.1, 0.15) is 4.88 Å². The summed E-state index contributed by atoms with van der Waals surface area (Å²) in [6.45, 7) is 0.0348. The zero-order valence-electron chi connectivity index (χ0n) is 16.5. The lowest BCUT2D eigenvalue weighted by molar-refractivity contribution is -0.157. The number of aliphatic carboxylic acids is 1. The molecule has 170 valence electrons. The van der Waals surface area contributed by atoms with Crippen molar-refractivity contribution in [2.24, 2.45) is 12.5 Å². The monoisotopic (exact) mass is 516 g/mol. The number of tetrazole rings is 1. The van der Waals surface area contributed by atoms with Gasteiger partial charge in [0.15, 0.2) is 5.13 Å². The van der Waals surface area contributed by atoms with Gasteiger partial charge in [0.2, 0.25) is 11.1 Å². The number of nitrogens with two attached hydrogens (primary N) is 1. The number of aromatic nitrogens is 5. The number of rotatable bonds is 7. The molecule has 0 saturated carbocycles. The second kappa shape index (κ2) is 8.88. The van der Waals surface area contributed by atoms with E-state index in [0.29, 0.717) is 10.0 Å². The highest BCUT2D eigenvalue weighted by Crippen LogP contribution is 2.44. The number of carbonyl (C=O) groups is 3. The van der Waals surface area contributed by atoms with E-state index in [1.54, 1.807) is 7.05 Å². The van der Waals surface area contributed by atoms with Gasteiger partial charge in [0, 0.05) is 36.8 Å². The molecule has 0 aromatic carbocycles. The highest BCUT2D eigenvalue weighted by molar-refractivity contribution is 8.00. The third-order valence-electron chi connectivity index (χ3n) is 5.09. The molecule has 2 aromatic rings. The van der Waals surface area contributed by atoms with Crippen molar-refractivity contribution in [1.82, 2.24) is 35.4 Å². The predicted octanol–water partition coefficient (Wildman–Crippen LogP) is 0.0917. The van der Waals surface area contributed by atoms with Gasteiger partial charge in [-0.15, -0.1) is 16.9 Å². The molecular formula is C16H17ClN8O4S3. The number of amides is 2. The number of nitrogen functional groups attached to an aromatic ring is 1. The molecule has 16 heteroatoms. The first kappa shape index (κ1) is 22.8. The van der Waals surface area contributed by atoms with Gasteiger partial charge >= 0.3 is 5.97 Å². The van der Waals surface area contributed by atoms with Crippen LogP contribution in [-0.4, -0.2) is 82.4 Å². The highest BCUT2D eigenvalue weighted by Gasteiger charge is 2.57. The topological polar surface area (TPSA) is 169 Å². The first-order valence-corrected chi connectivity index (χ1v) is 12.4. The summed E-state index contributed by atoms with van der Waals surface area (Å²) in [5.41, 5.74) is 5.72. The molecule has 2 fully saturated rings. The van der Waals surface area contributed by atoms with E-state index < -0.39 is 23.3 Å². The van der Waals surface area contributed by atoms with E-state index in [-0.39, 0.29) is 40.0 Å². The first-order valence-electron chi connectivity index (χ1n) is 9.09. The van der Waals surface area contributed by atoms with Crippen LogP contribution in [0.15, 0.2) is 16.9 Å². The predicted molar refractivity (Wildman–Crippen MR) is 120 cm³/mol. The number of carbonyl (C=O) groups excluding carboxylic acids is 2. The third-order valence-corrected chi connectivity index (χ3v) is 9.05. The van der Waals surface area contributed by atoms with E-state index >= 15 is 0 Å². The Balaban J connectivity index is 1.42. The minimum absolute atomic E-state index is 0.0348. The van der Waals surface area contributed by atoms with Crippen LogP contribution in [0.25, 0.3) is 5.57 Å². The number of halogens is 1. The average Bonchev–Trinajstić information content (AvgIpc) is 3.38. The number of anilines is 1. The van der Waals surface area contributed by atoms with Crippen LogP contribution in [0.4, 0.5) is 5.13 Å². The Morgan fingerprint density at radius 1 is 1.53 bits per heavy atom. The maximum absolute atomic E-state index is 12.8. The maximum atomic E-state index is 12.8. The SMILES string of the molecule is Cn1nnnc1SCC1(C(=O)O)CS[C@@H]2C(NC(=O)C(=CCl)c3cnc(N)s3)C(=O)N2C1. The summed E-state index contributed by atoms with van der Waals surface area (Å²) < 4.78 is 1.46. The summed E-state index contributed by atoms with van der Waals surface area (Å²) in [6, 6.07) is -0.772. The lowest BCUT2D eigenvalue weighted by Crippen LogP contribution is -2.74.